The third-order valence-electron chi connectivity index (χ3n) is 29.6. The Hall–Kier alpha value is -5.83. The topological polar surface area (TPSA) is 381 Å². The van der Waals surface area contributed by atoms with Gasteiger partial charge in [0.05, 0.1) is 18.3 Å². The lowest BCUT2D eigenvalue weighted by Crippen LogP contribution is -2.58. The number of rotatable bonds is 33. The van der Waals surface area contributed by atoms with E-state index in [4.69, 9.17) is 61.4 Å². The molecule has 4 aromatic carbocycles. The molecule has 5 saturated heterocycles. The molecule has 24 nitrogen and oxygen atoms in total. The molecule has 13 rings (SSSR count). The number of carboxylic acid groups (broad SMARTS) is 3. The summed E-state index contributed by atoms with van der Waals surface area (Å²) < 4.78 is 57.7. The van der Waals surface area contributed by atoms with Gasteiger partial charge in [-0.3, -0.25) is 33.9 Å². The maximum Gasteiger partial charge on any atom is 0.457 e. The number of halogens is 3. The number of fused-ring (bicyclic) bond motifs is 4. The molecule has 5 fully saturated rings. The number of likely N-dealkylation sites (tertiary alicyclic amines) is 4. The number of carboxylic acids is 3. The van der Waals surface area contributed by atoms with Crippen molar-refractivity contribution in [2.45, 2.75) is 303 Å². The van der Waals surface area contributed by atoms with Gasteiger partial charge < -0.3 is 86.9 Å². The molecular formula is C90H139B4F3N8O16. The van der Waals surface area contributed by atoms with Crippen LogP contribution in [0.1, 0.15) is 251 Å². The fraction of sp³-hybridized carbons (Fsp3) is 0.689. The van der Waals surface area contributed by atoms with Crippen LogP contribution in [0.15, 0.2) is 78.9 Å². The van der Waals surface area contributed by atoms with Crippen molar-refractivity contribution < 1.29 is 91.9 Å². The van der Waals surface area contributed by atoms with E-state index in [1.54, 1.807) is 31.3 Å². The highest BCUT2D eigenvalue weighted by molar-refractivity contribution is 6.45. The molecule has 0 bridgehead atoms. The summed E-state index contributed by atoms with van der Waals surface area (Å²) in [4.78, 5) is 58.8. The molecule has 4 aromatic rings. The van der Waals surface area contributed by atoms with Crippen molar-refractivity contribution in [1.29, 1.82) is 0 Å². The fourth-order valence-corrected chi connectivity index (χ4v) is 21.6. The minimum atomic E-state index is -1.34. The van der Waals surface area contributed by atoms with Crippen LogP contribution in [0.2, 0.25) is 25.3 Å². The summed E-state index contributed by atoms with van der Waals surface area (Å²) in [6.45, 7) is 15.0. The molecule has 7 unspecified atom stereocenters. The highest BCUT2D eigenvalue weighted by atomic mass is 19.1. The molecule has 0 saturated carbocycles. The largest absolute Gasteiger partial charge is 0.480 e. The van der Waals surface area contributed by atoms with Gasteiger partial charge in [0.15, 0.2) is 0 Å². The number of piperidine rings is 4. The second-order valence-corrected chi connectivity index (χ2v) is 37.3. The van der Waals surface area contributed by atoms with E-state index in [-0.39, 0.29) is 84.4 Å². The Morgan fingerprint density at radius 2 is 0.769 bits per heavy atom. The van der Waals surface area contributed by atoms with Crippen LogP contribution in [-0.4, -0.2) is 223 Å². The number of hydrogen-bond donors (Lipinski definition) is 13. The maximum absolute atomic E-state index is 13.6. The Morgan fingerprint density at radius 3 is 1.11 bits per heavy atom. The number of nitrogens with zero attached hydrogens (tertiary/aromatic N) is 4. The van der Waals surface area contributed by atoms with Gasteiger partial charge in [0.2, 0.25) is 0 Å². The molecule has 9 aliphatic rings. The van der Waals surface area contributed by atoms with Gasteiger partial charge in [-0.2, -0.15) is 0 Å². The second-order valence-electron chi connectivity index (χ2n) is 37.3. The third kappa shape index (κ3) is 24.7. The van der Waals surface area contributed by atoms with E-state index in [1.165, 1.54) is 47.1 Å². The van der Waals surface area contributed by atoms with Gasteiger partial charge in [0.1, 0.15) is 39.6 Å². The van der Waals surface area contributed by atoms with Gasteiger partial charge in [-0.1, -0.05) is 93.8 Å². The molecule has 5 aliphatic heterocycles. The van der Waals surface area contributed by atoms with Crippen molar-refractivity contribution in [3.63, 3.8) is 0 Å². The number of carbonyl (C=O) groups is 4. The number of aryl methyl sites for hydroxylation is 5. The summed E-state index contributed by atoms with van der Waals surface area (Å²) in [6, 6.07) is 25.5. The van der Waals surface area contributed by atoms with E-state index in [2.05, 4.69) is 49.2 Å². The molecule has 16 N–H and O–H groups in total. The smallest absolute Gasteiger partial charge is 0.457 e. The van der Waals surface area contributed by atoms with Crippen LogP contribution >= 0.6 is 0 Å². The number of benzene rings is 4. The van der Waals surface area contributed by atoms with Crippen LogP contribution in [0.3, 0.4) is 0 Å². The average Bonchev–Trinajstić information content (AvgIpc) is 1.74. The van der Waals surface area contributed by atoms with E-state index in [0.29, 0.717) is 88.4 Å². The zero-order valence-electron chi connectivity index (χ0n) is 72.7. The lowest BCUT2D eigenvalue weighted by atomic mass is 9.73. The summed E-state index contributed by atoms with van der Waals surface area (Å²) >= 11 is 0. The first kappa shape index (κ1) is 97.4. The molecular weight excluding hydrogens is 1550 g/mol. The third-order valence-corrected chi connectivity index (χ3v) is 29.6. The van der Waals surface area contributed by atoms with E-state index in [1.807, 2.05) is 45.9 Å². The Balaban J connectivity index is 0.000000170. The maximum atomic E-state index is 13.6. The molecule has 5 heterocycles. The molecule has 31 heteroatoms. The summed E-state index contributed by atoms with van der Waals surface area (Å²) in [5.74, 6) is -3.61. The lowest BCUT2D eigenvalue weighted by Gasteiger charge is -2.44. The van der Waals surface area contributed by atoms with Crippen molar-refractivity contribution in [3.05, 3.63) is 141 Å². The molecule has 4 aliphatic carbocycles. The average molecular weight is 1690 g/mol. The summed E-state index contributed by atoms with van der Waals surface area (Å²) in [7, 11) is -1.18. The monoisotopic (exact) mass is 1690 g/mol. The molecule has 0 aromatic heterocycles. The van der Waals surface area contributed by atoms with Gasteiger partial charge in [-0.15, -0.1) is 0 Å². The van der Waals surface area contributed by atoms with Crippen molar-refractivity contribution in [1.82, 2.24) is 24.9 Å². The molecule has 0 radical (unpaired) electrons. The molecule has 7 atom stereocenters. The Kier molecular flexibility index (Phi) is 35.5. The molecule has 668 valence electrons. The van der Waals surface area contributed by atoms with E-state index in [9.17, 15) is 47.7 Å². The van der Waals surface area contributed by atoms with Gasteiger partial charge in [0.25, 0.3) is 0 Å². The van der Waals surface area contributed by atoms with E-state index >= 15 is 0 Å². The van der Waals surface area contributed by atoms with Crippen molar-refractivity contribution >= 4 is 52.4 Å². The number of unbranched alkanes of at least 4 members (excludes halogenated alkanes) is 4. The van der Waals surface area contributed by atoms with Gasteiger partial charge >= 0.3 is 52.4 Å². The number of likely N-dealkylation sites (N-methyl/N-ethyl adjacent to an activating group) is 1. The first-order valence-corrected chi connectivity index (χ1v) is 45.2. The summed E-state index contributed by atoms with van der Waals surface area (Å²) in [5, 5.41) is 86.9. The van der Waals surface area contributed by atoms with Gasteiger partial charge in [0, 0.05) is 24.2 Å². The van der Waals surface area contributed by atoms with Crippen molar-refractivity contribution in [3.8, 4) is 0 Å². The number of hydrogen-bond acceptors (Lipinski definition) is 21. The van der Waals surface area contributed by atoms with Crippen LogP contribution in [-0.2, 0) is 65.3 Å². The lowest BCUT2D eigenvalue weighted by molar-refractivity contribution is -0.151. The summed E-state index contributed by atoms with van der Waals surface area (Å²) in [6.07, 6.45) is 25.1. The zero-order chi connectivity index (χ0) is 87.6. The number of nitrogens with one attached hydrogen (secondary N) is 1. The first-order chi connectivity index (χ1) is 57.5. The van der Waals surface area contributed by atoms with E-state index in [0.717, 1.165) is 204 Å². The predicted octanol–water partition coefficient (Wildman–Crippen LogP) is 10.9. The quantitative estimate of drug-likeness (QED) is 0.00912. The number of aliphatic carboxylic acids is 3. The number of nitrogens with two attached hydrogens (primary N) is 3. The number of esters is 1. The number of carbonyl (C=O) groups excluding carboxylic acids is 1. The van der Waals surface area contributed by atoms with E-state index < -0.39 is 61.4 Å². The van der Waals surface area contributed by atoms with Crippen LogP contribution in [0, 0.1) is 41.1 Å². The Bertz CT molecular complexity index is 3960. The number of methoxy groups -OCH3 is 1. The zero-order valence-corrected chi connectivity index (χ0v) is 72.7. The highest BCUT2D eigenvalue weighted by Crippen LogP contribution is 2.46. The SMILES string of the molecule is CC1(C)OB(CCCCC(N)(C(=O)O)C2CCN(C3CCc4cc(F)ccc43)CC2)OC1(C)C.CNC(CCCCB(O)O)(C(=O)O)C1CCN(C2CCc3cc(F)ccc32)CC1.COC(=O)C(N)(CCCCB(O)O)C1CCN(C2CCc3cc(F)ccc32)CC1.NC(CCCCB(O)O)(C(=O)O)C1CCN(C2CCc3ccccc3CC2)CC1. The van der Waals surface area contributed by atoms with Crippen LogP contribution < -0.4 is 22.5 Å². The number of ether oxygens (including phenoxy) is 1. The Labute approximate surface area is 716 Å². The van der Waals surface area contributed by atoms with Crippen LogP contribution in [0.4, 0.5) is 13.2 Å². The summed E-state index contributed by atoms with van der Waals surface area (Å²) in [5.41, 5.74) is 24.3. The fourth-order valence-electron chi connectivity index (χ4n) is 21.6. The first-order valence-electron chi connectivity index (χ1n) is 45.2. The molecule has 0 amide bonds. The second kappa shape index (κ2) is 44.1. The van der Waals surface area contributed by atoms with Crippen molar-refractivity contribution in [2.75, 3.05) is 66.5 Å². The highest BCUT2D eigenvalue weighted by Gasteiger charge is 2.53. The minimum absolute atomic E-state index is 0.0226. The van der Waals surface area contributed by atoms with Crippen LogP contribution in [0.5, 0.6) is 0 Å². The molecule has 0 spiro atoms. The predicted molar refractivity (Wildman–Crippen MR) is 465 cm³/mol. The minimum Gasteiger partial charge on any atom is -0.480 e. The Morgan fingerprint density at radius 1 is 0.446 bits per heavy atom. The standard InChI is InChI=1S/C26H40BFN2O4.C22H35BN2O4.2C21H32BFN2O4/c1-24(2)25(3,4)34-27(33-24)14-6-5-13-26(29,23(31)32)19-11-15-30(16-12-19)22-10-7-18-17-20(28)8-9-21(18)22;24-22(21(26)27,13-3-4-14-23(28)29)19-11-15-25(16-12-19)20-9-7-17-5-1-2-6-18(17)8-10-20;1-29-20(26)21(24,10-2-3-11-22(27)28)16-8-12-25(13-9-16)19-7-4-15-14-17(23)5-6-18(15)19;1-24-21(20(26)27,10-2-3-11-22(28)29)16-8-12-25(13-9-16)19-7-4-15-14-17(23)5-6-18(15)19/h8-9,17,19,22H,5-7,10-16,29H2,1-4H3,(H,31,32);1-2,5-6,19-20,28-29H,3-4,7-16,24H2,(H,26,27);5-6,14,16,19,27-28H,2-4,7-13,24H2,1H3;5-6,14,16,19,24,28-29H,2-4,7-13H2,1H3,(H,26,27). The molecule has 121 heavy (non-hydrogen) atoms. The van der Waals surface area contributed by atoms with Gasteiger partial charge in [-0.05, 0) is 358 Å². The van der Waals surface area contributed by atoms with Crippen LogP contribution in [0.25, 0.3) is 0 Å². The van der Waals surface area contributed by atoms with Crippen molar-refractivity contribution in [2.24, 2.45) is 40.9 Å². The normalized spacial score (nSPS) is 23.2. The van der Waals surface area contributed by atoms with Gasteiger partial charge in [-0.25, -0.2) is 13.2 Å².